The smallest absolute Gasteiger partial charge is 0.247 e. The predicted molar refractivity (Wildman–Crippen MR) is 78.7 cm³/mol. The Labute approximate surface area is 123 Å². The van der Waals surface area contributed by atoms with Gasteiger partial charge in [0.1, 0.15) is 0 Å². The number of hydrogen-bond acceptors (Lipinski definition) is 5. The molecule has 0 radical (unpaired) electrons. The number of benzene rings is 1. The van der Waals surface area contributed by atoms with Crippen molar-refractivity contribution in [3.8, 4) is 11.5 Å². The van der Waals surface area contributed by atoms with Crippen molar-refractivity contribution in [3.05, 3.63) is 30.2 Å². The van der Waals surface area contributed by atoms with E-state index in [0.29, 0.717) is 5.89 Å². The largest absolute Gasteiger partial charge is 0.423 e. The van der Waals surface area contributed by atoms with E-state index in [1.54, 1.807) is 0 Å². The average molecular weight is 286 g/mol. The van der Waals surface area contributed by atoms with Gasteiger partial charge in [0.2, 0.25) is 18.2 Å². The molecule has 2 aromatic rings. The number of carbonyl (C=O) groups is 1. The van der Waals surface area contributed by atoms with E-state index >= 15 is 0 Å². The van der Waals surface area contributed by atoms with Crippen LogP contribution in [0.1, 0.15) is 18.4 Å². The lowest BCUT2D eigenvalue weighted by atomic mass is 9.98. The van der Waals surface area contributed by atoms with E-state index in [0.717, 1.165) is 42.7 Å². The van der Waals surface area contributed by atoms with Gasteiger partial charge in [-0.25, -0.2) is 0 Å². The second-order valence-electron chi connectivity index (χ2n) is 5.31. The summed E-state index contributed by atoms with van der Waals surface area (Å²) >= 11 is 0. The van der Waals surface area contributed by atoms with E-state index in [1.165, 1.54) is 6.39 Å². The molecule has 6 heteroatoms. The summed E-state index contributed by atoms with van der Waals surface area (Å²) in [5.74, 6) is 0.544. The molecule has 0 spiro atoms. The van der Waals surface area contributed by atoms with Gasteiger partial charge in [0.25, 0.3) is 0 Å². The number of amides is 1. The number of carbonyl (C=O) groups excluding carboxylic acids is 1. The summed E-state index contributed by atoms with van der Waals surface area (Å²) in [7, 11) is 0. The third kappa shape index (κ3) is 3.11. The Hall–Kier alpha value is -2.21. The maximum atomic E-state index is 12.3. The molecule has 1 aliphatic heterocycles. The number of aryl methyl sites for hydroxylation is 1. The van der Waals surface area contributed by atoms with Crippen molar-refractivity contribution in [2.75, 3.05) is 18.4 Å². The molecule has 1 aromatic heterocycles. The van der Waals surface area contributed by atoms with Crippen LogP contribution in [0.25, 0.3) is 11.5 Å². The van der Waals surface area contributed by atoms with Gasteiger partial charge in [0.05, 0.1) is 5.92 Å². The molecule has 1 fully saturated rings. The van der Waals surface area contributed by atoms with E-state index in [-0.39, 0.29) is 11.8 Å². The summed E-state index contributed by atoms with van der Waals surface area (Å²) in [6.07, 6.45) is 3.27. The van der Waals surface area contributed by atoms with Crippen molar-refractivity contribution in [3.63, 3.8) is 0 Å². The number of aromatic nitrogens is 2. The summed E-state index contributed by atoms with van der Waals surface area (Å²) in [4.78, 5) is 12.3. The summed E-state index contributed by atoms with van der Waals surface area (Å²) in [6, 6.07) is 5.71. The molecule has 0 bridgehead atoms. The fourth-order valence-electron chi connectivity index (χ4n) is 2.50. The normalized spacial score (nSPS) is 18.4. The van der Waals surface area contributed by atoms with Gasteiger partial charge in [-0.3, -0.25) is 4.79 Å². The summed E-state index contributed by atoms with van der Waals surface area (Å²) in [6.45, 7) is 3.70. The Balaban J connectivity index is 1.78. The molecule has 110 valence electrons. The van der Waals surface area contributed by atoms with E-state index in [1.807, 2.05) is 25.1 Å². The lowest BCUT2D eigenvalue weighted by molar-refractivity contribution is -0.120. The standard InChI is InChI=1S/C15H18N4O2/c1-10-4-5-11(15-19-17-9-21-15)7-13(10)18-14(20)12-3-2-6-16-8-12/h4-5,7,9,12,16H,2-3,6,8H2,1H3,(H,18,20). The van der Waals surface area contributed by atoms with Crippen molar-refractivity contribution >= 4 is 11.6 Å². The van der Waals surface area contributed by atoms with Crippen LogP contribution in [0.5, 0.6) is 0 Å². The molecule has 0 aliphatic carbocycles. The van der Waals surface area contributed by atoms with Crippen molar-refractivity contribution < 1.29 is 9.21 Å². The van der Waals surface area contributed by atoms with Gasteiger partial charge >= 0.3 is 0 Å². The zero-order chi connectivity index (χ0) is 14.7. The first-order valence-corrected chi connectivity index (χ1v) is 7.13. The molecule has 21 heavy (non-hydrogen) atoms. The Bertz CT molecular complexity index is 619. The molecular formula is C15H18N4O2. The first-order valence-electron chi connectivity index (χ1n) is 7.13. The van der Waals surface area contributed by atoms with Crippen molar-refractivity contribution in [1.82, 2.24) is 15.5 Å². The molecule has 2 heterocycles. The molecule has 0 saturated carbocycles. The van der Waals surface area contributed by atoms with Crippen molar-refractivity contribution in [2.24, 2.45) is 5.92 Å². The first-order chi connectivity index (χ1) is 10.2. The fourth-order valence-corrected chi connectivity index (χ4v) is 2.50. The third-order valence-corrected chi connectivity index (χ3v) is 3.77. The number of nitrogens with one attached hydrogen (secondary N) is 2. The minimum atomic E-state index is 0.0326. The van der Waals surface area contributed by atoms with Crippen LogP contribution in [0.2, 0.25) is 0 Å². The van der Waals surface area contributed by atoms with E-state index in [4.69, 9.17) is 4.42 Å². The minimum Gasteiger partial charge on any atom is -0.423 e. The molecule has 3 rings (SSSR count). The molecule has 1 amide bonds. The number of nitrogens with zero attached hydrogens (tertiary/aromatic N) is 2. The Morgan fingerprint density at radius 2 is 2.38 bits per heavy atom. The highest BCUT2D eigenvalue weighted by Gasteiger charge is 2.21. The van der Waals surface area contributed by atoms with Crippen LogP contribution < -0.4 is 10.6 Å². The molecule has 1 unspecified atom stereocenters. The highest BCUT2D eigenvalue weighted by Crippen LogP contribution is 2.24. The van der Waals surface area contributed by atoms with Gasteiger partial charge in [0, 0.05) is 17.8 Å². The molecular weight excluding hydrogens is 268 g/mol. The number of piperidine rings is 1. The third-order valence-electron chi connectivity index (χ3n) is 3.77. The minimum absolute atomic E-state index is 0.0326. The average Bonchev–Trinajstić information content (AvgIpc) is 3.04. The predicted octanol–water partition coefficient (Wildman–Crippen LogP) is 1.98. The second-order valence-corrected chi connectivity index (χ2v) is 5.31. The van der Waals surface area contributed by atoms with E-state index < -0.39 is 0 Å². The van der Waals surface area contributed by atoms with Crippen LogP contribution in [0.3, 0.4) is 0 Å². The molecule has 1 saturated heterocycles. The van der Waals surface area contributed by atoms with Crippen LogP contribution in [-0.2, 0) is 4.79 Å². The SMILES string of the molecule is Cc1ccc(-c2nnco2)cc1NC(=O)C1CCCNC1. The van der Waals surface area contributed by atoms with Gasteiger partial charge < -0.3 is 15.1 Å². The fraction of sp³-hybridized carbons (Fsp3) is 0.400. The second kappa shape index (κ2) is 6.05. The first kappa shape index (κ1) is 13.8. The molecule has 1 aromatic carbocycles. The van der Waals surface area contributed by atoms with E-state index in [2.05, 4.69) is 20.8 Å². The van der Waals surface area contributed by atoms with E-state index in [9.17, 15) is 4.79 Å². The summed E-state index contributed by atoms with van der Waals surface area (Å²) in [5.41, 5.74) is 2.60. The van der Waals surface area contributed by atoms with Crippen LogP contribution in [-0.4, -0.2) is 29.2 Å². The maximum absolute atomic E-state index is 12.3. The van der Waals surface area contributed by atoms with Gasteiger partial charge in [-0.15, -0.1) is 10.2 Å². The highest BCUT2D eigenvalue weighted by molar-refractivity contribution is 5.94. The van der Waals surface area contributed by atoms with Crippen LogP contribution in [0.4, 0.5) is 5.69 Å². The molecule has 1 aliphatic rings. The Morgan fingerprint density at radius 3 is 3.10 bits per heavy atom. The molecule has 1 atom stereocenters. The topological polar surface area (TPSA) is 80.1 Å². The maximum Gasteiger partial charge on any atom is 0.247 e. The highest BCUT2D eigenvalue weighted by atomic mass is 16.4. The quantitative estimate of drug-likeness (QED) is 0.902. The van der Waals surface area contributed by atoms with Crippen molar-refractivity contribution in [2.45, 2.75) is 19.8 Å². The number of hydrogen-bond donors (Lipinski definition) is 2. The van der Waals surface area contributed by atoms with Gasteiger partial charge in [-0.2, -0.15) is 0 Å². The van der Waals surface area contributed by atoms with Crippen LogP contribution in [0.15, 0.2) is 29.0 Å². The summed E-state index contributed by atoms with van der Waals surface area (Å²) < 4.78 is 5.19. The molecule has 6 nitrogen and oxygen atoms in total. The molecule has 2 N–H and O–H groups in total. The monoisotopic (exact) mass is 286 g/mol. The van der Waals surface area contributed by atoms with Crippen molar-refractivity contribution in [1.29, 1.82) is 0 Å². The number of anilines is 1. The summed E-state index contributed by atoms with van der Waals surface area (Å²) in [5, 5.41) is 13.8. The van der Waals surface area contributed by atoms with Crippen LogP contribution in [0, 0.1) is 12.8 Å². The Morgan fingerprint density at radius 1 is 1.48 bits per heavy atom. The zero-order valence-electron chi connectivity index (χ0n) is 11.9. The van der Waals surface area contributed by atoms with Gasteiger partial charge in [0.15, 0.2) is 0 Å². The lowest BCUT2D eigenvalue weighted by Crippen LogP contribution is -2.37. The van der Waals surface area contributed by atoms with Gasteiger partial charge in [-0.05, 0) is 44.0 Å². The zero-order valence-corrected chi connectivity index (χ0v) is 11.9. The van der Waals surface area contributed by atoms with Gasteiger partial charge in [-0.1, -0.05) is 6.07 Å². The Kier molecular flexibility index (Phi) is 3.96. The lowest BCUT2D eigenvalue weighted by Gasteiger charge is -2.22. The van der Waals surface area contributed by atoms with Crippen LogP contribution >= 0.6 is 0 Å². The number of rotatable bonds is 3.